The van der Waals surface area contributed by atoms with E-state index in [1.54, 1.807) is 12.1 Å². The van der Waals surface area contributed by atoms with Crippen molar-refractivity contribution in [2.75, 3.05) is 0 Å². The van der Waals surface area contributed by atoms with Crippen LogP contribution >= 0.6 is 11.6 Å². The molecule has 0 bridgehead atoms. The molecule has 0 N–H and O–H groups in total. The molecule has 17 heavy (non-hydrogen) atoms. The molecule has 1 aromatic carbocycles. The van der Waals surface area contributed by atoms with Crippen LogP contribution in [0.1, 0.15) is 43.0 Å². The Kier molecular flexibility index (Phi) is 2.44. The molecule has 0 radical (unpaired) electrons. The van der Waals surface area contributed by atoms with Crippen LogP contribution in [0.2, 0.25) is 5.02 Å². The first-order chi connectivity index (χ1) is 8.14. The maximum Gasteiger partial charge on any atom is 0.170 e. The number of ketones is 1. The van der Waals surface area contributed by atoms with E-state index in [0.29, 0.717) is 28.7 Å². The van der Waals surface area contributed by atoms with Crippen LogP contribution in [0.3, 0.4) is 0 Å². The largest absolute Gasteiger partial charge is 0.486 e. The van der Waals surface area contributed by atoms with Gasteiger partial charge in [-0.15, -0.1) is 0 Å². The minimum atomic E-state index is -0.252. The Morgan fingerprint density at radius 1 is 1.47 bits per heavy atom. The Hall–Kier alpha value is -1.02. The maximum atomic E-state index is 12.2. The number of benzene rings is 1. The van der Waals surface area contributed by atoms with Crippen molar-refractivity contribution in [1.29, 1.82) is 0 Å². The molecular formula is C14H15ClO2. The SMILES string of the molecule is CCC1(C2CC2)CC(=O)c2cc(Cl)ccc2O1. The van der Waals surface area contributed by atoms with E-state index in [2.05, 4.69) is 6.92 Å². The lowest BCUT2D eigenvalue weighted by Gasteiger charge is -2.37. The molecule has 1 atom stereocenters. The molecule has 0 amide bonds. The van der Waals surface area contributed by atoms with Gasteiger partial charge in [0.1, 0.15) is 11.4 Å². The van der Waals surface area contributed by atoms with Crippen molar-refractivity contribution < 1.29 is 9.53 Å². The van der Waals surface area contributed by atoms with Gasteiger partial charge in [0, 0.05) is 5.02 Å². The molecule has 3 rings (SSSR count). The summed E-state index contributed by atoms with van der Waals surface area (Å²) < 4.78 is 6.14. The van der Waals surface area contributed by atoms with Gasteiger partial charge >= 0.3 is 0 Å². The van der Waals surface area contributed by atoms with Crippen LogP contribution in [0.4, 0.5) is 0 Å². The zero-order chi connectivity index (χ0) is 12.0. The second kappa shape index (κ2) is 3.74. The molecule has 1 saturated carbocycles. The summed E-state index contributed by atoms with van der Waals surface area (Å²) in [6.07, 6.45) is 3.76. The molecule has 90 valence electrons. The molecule has 0 spiro atoms. The van der Waals surface area contributed by atoms with Gasteiger partial charge in [-0.2, -0.15) is 0 Å². The molecule has 1 heterocycles. The van der Waals surface area contributed by atoms with E-state index < -0.39 is 0 Å². The fourth-order valence-electron chi connectivity index (χ4n) is 2.75. The van der Waals surface area contributed by atoms with Crippen LogP contribution in [-0.4, -0.2) is 11.4 Å². The number of fused-ring (bicyclic) bond motifs is 1. The number of halogens is 1. The van der Waals surface area contributed by atoms with Crippen LogP contribution in [-0.2, 0) is 0 Å². The van der Waals surface area contributed by atoms with Crippen LogP contribution in [0, 0.1) is 5.92 Å². The molecule has 1 unspecified atom stereocenters. The monoisotopic (exact) mass is 250 g/mol. The highest BCUT2D eigenvalue weighted by Crippen LogP contribution is 2.49. The second-order valence-corrected chi connectivity index (χ2v) is 5.47. The van der Waals surface area contributed by atoms with Gasteiger partial charge < -0.3 is 4.74 Å². The standard InChI is InChI=1S/C14H15ClO2/c1-2-14(9-3-4-9)8-12(16)11-7-10(15)5-6-13(11)17-14/h5-7,9H,2-4,8H2,1H3. The van der Waals surface area contributed by atoms with Crippen LogP contribution in [0.15, 0.2) is 18.2 Å². The predicted molar refractivity (Wildman–Crippen MR) is 66.8 cm³/mol. The summed E-state index contributed by atoms with van der Waals surface area (Å²) >= 11 is 5.91. The van der Waals surface area contributed by atoms with Gasteiger partial charge in [0.2, 0.25) is 0 Å². The quantitative estimate of drug-likeness (QED) is 0.797. The first kappa shape index (κ1) is 11.1. The molecule has 0 aromatic heterocycles. The van der Waals surface area contributed by atoms with Gasteiger partial charge in [-0.1, -0.05) is 18.5 Å². The lowest BCUT2D eigenvalue weighted by Crippen LogP contribution is -2.43. The van der Waals surface area contributed by atoms with Gasteiger partial charge in [0.05, 0.1) is 12.0 Å². The molecule has 1 aliphatic heterocycles. The van der Waals surface area contributed by atoms with Crippen LogP contribution < -0.4 is 4.74 Å². The van der Waals surface area contributed by atoms with E-state index in [9.17, 15) is 4.79 Å². The van der Waals surface area contributed by atoms with Crippen molar-refractivity contribution in [2.24, 2.45) is 5.92 Å². The number of ether oxygens (including phenoxy) is 1. The molecule has 1 aromatic rings. The smallest absolute Gasteiger partial charge is 0.170 e. The van der Waals surface area contributed by atoms with Gasteiger partial charge in [-0.3, -0.25) is 4.79 Å². The Morgan fingerprint density at radius 2 is 2.24 bits per heavy atom. The van der Waals surface area contributed by atoms with Gasteiger partial charge in [0.15, 0.2) is 5.78 Å². The Balaban J connectivity index is 2.02. The lowest BCUT2D eigenvalue weighted by molar-refractivity contribution is 0.0213. The molecule has 3 heteroatoms. The molecule has 0 saturated heterocycles. The summed E-state index contributed by atoms with van der Waals surface area (Å²) in [6, 6.07) is 5.32. The fourth-order valence-corrected chi connectivity index (χ4v) is 2.93. The summed E-state index contributed by atoms with van der Waals surface area (Å²) in [4.78, 5) is 12.2. The lowest BCUT2D eigenvalue weighted by atomic mass is 9.84. The highest BCUT2D eigenvalue weighted by Gasteiger charge is 2.50. The predicted octanol–water partition coefficient (Wildman–Crippen LogP) is 3.86. The number of carbonyl (C=O) groups is 1. The summed E-state index contributed by atoms with van der Waals surface area (Å²) in [5.74, 6) is 1.43. The number of hydrogen-bond donors (Lipinski definition) is 0. The van der Waals surface area contributed by atoms with Gasteiger partial charge in [-0.25, -0.2) is 0 Å². The molecular weight excluding hydrogens is 236 g/mol. The van der Waals surface area contributed by atoms with Crippen molar-refractivity contribution in [3.8, 4) is 5.75 Å². The van der Waals surface area contributed by atoms with Gasteiger partial charge in [0.25, 0.3) is 0 Å². The average Bonchev–Trinajstić information content (AvgIpc) is 3.14. The normalized spacial score (nSPS) is 27.5. The molecule has 1 fully saturated rings. The van der Waals surface area contributed by atoms with Crippen molar-refractivity contribution in [1.82, 2.24) is 0 Å². The molecule has 1 aliphatic carbocycles. The van der Waals surface area contributed by atoms with Crippen molar-refractivity contribution in [3.05, 3.63) is 28.8 Å². The second-order valence-electron chi connectivity index (χ2n) is 5.04. The molecule has 2 nitrogen and oxygen atoms in total. The summed E-state index contributed by atoms with van der Waals surface area (Å²) in [5.41, 5.74) is 0.389. The number of carbonyl (C=O) groups excluding carboxylic acids is 1. The van der Waals surface area contributed by atoms with E-state index in [0.717, 1.165) is 6.42 Å². The third-order valence-corrected chi connectivity index (χ3v) is 4.17. The van der Waals surface area contributed by atoms with Crippen LogP contribution in [0.5, 0.6) is 5.75 Å². The Labute approximate surface area is 106 Å². The van der Waals surface area contributed by atoms with Crippen LogP contribution in [0.25, 0.3) is 0 Å². The minimum absolute atomic E-state index is 0.169. The van der Waals surface area contributed by atoms with Crippen molar-refractivity contribution >= 4 is 17.4 Å². The average molecular weight is 251 g/mol. The minimum Gasteiger partial charge on any atom is -0.486 e. The highest BCUT2D eigenvalue weighted by molar-refractivity contribution is 6.31. The Bertz CT molecular complexity index is 479. The van der Waals surface area contributed by atoms with E-state index in [4.69, 9.17) is 16.3 Å². The summed E-state index contributed by atoms with van der Waals surface area (Å²) in [5, 5.41) is 0.594. The first-order valence-electron chi connectivity index (χ1n) is 6.16. The van der Waals surface area contributed by atoms with E-state index in [1.165, 1.54) is 12.8 Å². The number of hydrogen-bond acceptors (Lipinski definition) is 2. The topological polar surface area (TPSA) is 26.3 Å². The summed E-state index contributed by atoms with van der Waals surface area (Å²) in [7, 11) is 0. The summed E-state index contributed by atoms with van der Waals surface area (Å²) in [6.45, 7) is 2.10. The third-order valence-electron chi connectivity index (χ3n) is 3.93. The number of Topliss-reactive ketones (excluding diaryl/α,β-unsaturated/α-hetero) is 1. The number of rotatable bonds is 2. The fraction of sp³-hybridized carbons (Fsp3) is 0.500. The highest BCUT2D eigenvalue weighted by atomic mass is 35.5. The van der Waals surface area contributed by atoms with E-state index >= 15 is 0 Å². The zero-order valence-corrected chi connectivity index (χ0v) is 10.6. The van der Waals surface area contributed by atoms with Gasteiger partial charge in [-0.05, 0) is 43.4 Å². The van der Waals surface area contributed by atoms with E-state index in [1.807, 2.05) is 6.07 Å². The maximum absolute atomic E-state index is 12.2. The Morgan fingerprint density at radius 3 is 2.88 bits per heavy atom. The first-order valence-corrected chi connectivity index (χ1v) is 6.54. The van der Waals surface area contributed by atoms with Crippen molar-refractivity contribution in [2.45, 2.75) is 38.2 Å². The molecule has 2 aliphatic rings. The van der Waals surface area contributed by atoms with E-state index in [-0.39, 0.29) is 11.4 Å². The zero-order valence-electron chi connectivity index (χ0n) is 9.83. The van der Waals surface area contributed by atoms with Crippen molar-refractivity contribution in [3.63, 3.8) is 0 Å². The third kappa shape index (κ3) is 1.75.